The summed E-state index contributed by atoms with van der Waals surface area (Å²) in [6.07, 6.45) is 7.23. The summed E-state index contributed by atoms with van der Waals surface area (Å²) in [4.78, 5) is 0. The molecule has 11 heavy (non-hydrogen) atoms. The molecule has 0 spiro atoms. The van der Waals surface area contributed by atoms with Crippen molar-refractivity contribution in [3.8, 4) is 0 Å². The number of hydrogen-bond acceptors (Lipinski definition) is 2. The molecule has 1 aliphatic rings. The molecule has 0 amide bonds. The van der Waals surface area contributed by atoms with Crippen LogP contribution in [0.3, 0.4) is 0 Å². The van der Waals surface area contributed by atoms with Crippen molar-refractivity contribution in [2.45, 2.75) is 32.6 Å². The fourth-order valence-electron chi connectivity index (χ4n) is 1.36. The highest BCUT2D eigenvalue weighted by Crippen LogP contribution is 2.24. The Morgan fingerprint density at radius 1 is 1.27 bits per heavy atom. The zero-order chi connectivity index (χ0) is 8.27. The minimum Gasteiger partial charge on any atom is -0.385 e. The molecule has 2 heteroatoms. The maximum Gasteiger partial charge on any atom is 0.0963 e. The molecule has 0 heterocycles. The lowest BCUT2D eigenvalue weighted by atomic mass is 10.1. The highest BCUT2D eigenvalue weighted by molar-refractivity contribution is 5.25. The second-order valence-electron chi connectivity index (χ2n) is 3.15. The molecule has 1 aliphatic carbocycles. The summed E-state index contributed by atoms with van der Waals surface area (Å²) >= 11 is 0. The standard InChI is InChI=1S/C9H16N2/c1-7(9(10)11)6-8-4-2-3-5-8/h6H,2-5,10-11H2,1H3. The fraction of sp³-hybridized carbons (Fsp3) is 0.556. The molecule has 1 saturated carbocycles. The van der Waals surface area contributed by atoms with Gasteiger partial charge in [0.15, 0.2) is 0 Å². The van der Waals surface area contributed by atoms with Gasteiger partial charge in [0, 0.05) is 0 Å². The van der Waals surface area contributed by atoms with Crippen molar-refractivity contribution in [1.29, 1.82) is 0 Å². The number of allylic oxidation sites excluding steroid dienone is 3. The molecule has 0 aromatic carbocycles. The van der Waals surface area contributed by atoms with Gasteiger partial charge in [-0.1, -0.05) is 11.6 Å². The monoisotopic (exact) mass is 152 g/mol. The lowest BCUT2D eigenvalue weighted by Crippen LogP contribution is -2.10. The van der Waals surface area contributed by atoms with Gasteiger partial charge >= 0.3 is 0 Å². The third-order valence-electron chi connectivity index (χ3n) is 2.12. The highest BCUT2D eigenvalue weighted by atomic mass is 14.8. The summed E-state index contributed by atoms with van der Waals surface area (Å²) in [5.41, 5.74) is 13.4. The normalized spacial score (nSPS) is 16.6. The van der Waals surface area contributed by atoms with Gasteiger partial charge in [-0.15, -0.1) is 0 Å². The Balaban J connectivity index is 2.64. The molecule has 0 aliphatic heterocycles. The first-order valence-corrected chi connectivity index (χ1v) is 4.11. The second-order valence-corrected chi connectivity index (χ2v) is 3.15. The quantitative estimate of drug-likeness (QED) is 0.600. The lowest BCUT2D eigenvalue weighted by molar-refractivity contribution is 0.886. The first kappa shape index (κ1) is 8.18. The lowest BCUT2D eigenvalue weighted by Gasteiger charge is -1.98. The summed E-state index contributed by atoms with van der Waals surface area (Å²) < 4.78 is 0. The Labute approximate surface area is 68.0 Å². The molecule has 0 unspecified atom stereocenters. The van der Waals surface area contributed by atoms with Gasteiger partial charge in [-0.05, 0) is 38.2 Å². The molecule has 0 bridgehead atoms. The molecule has 1 fully saturated rings. The van der Waals surface area contributed by atoms with Crippen molar-refractivity contribution >= 4 is 0 Å². The summed E-state index contributed by atoms with van der Waals surface area (Å²) in [5, 5.41) is 0. The van der Waals surface area contributed by atoms with Gasteiger partial charge in [-0.3, -0.25) is 0 Å². The maximum absolute atomic E-state index is 5.43. The van der Waals surface area contributed by atoms with E-state index in [2.05, 4.69) is 6.08 Å². The van der Waals surface area contributed by atoms with E-state index in [0.29, 0.717) is 5.82 Å². The molecule has 62 valence electrons. The van der Waals surface area contributed by atoms with Crippen molar-refractivity contribution in [1.82, 2.24) is 0 Å². The summed E-state index contributed by atoms with van der Waals surface area (Å²) in [5.74, 6) is 0.449. The Kier molecular flexibility index (Phi) is 2.58. The van der Waals surface area contributed by atoms with E-state index >= 15 is 0 Å². The molecule has 2 nitrogen and oxygen atoms in total. The zero-order valence-electron chi connectivity index (χ0n) is 7.06. The molecule has 1 rings (SSSR count). The Hall–Kier alpha value is -0.920. The van der Waals surface area contributed by atoms with Crippen molar-refractivity contribution in [3.63, 3.8) is 0 Å². The van der Waals surface area contributed by atoms with Crippen LogP contribution < -0.4 is 11.5 Å². The number of nitrogens with two attached hydrogens (primary N) is 2. The van der Waals surface area contributed by atoms with Crippen molar-refractivity contribution < 1.29 is 0 Å². The van der Waals surface area contributed by atoms with Crippen LogP contribution in [0.25, 0.3) is 0 Å². The SMILES string of the molecule is CC(C=C1CCCC1)=C(N)N. The van der Waals surface area contributed by atoms with Crippen LogP contribution in [-0.2, 0) is 0 Å². The van der Waals surface area contributed by atoms with E-state index in [0.717, 1.165) is 5.57 Å². The largest absolute Gasteiger partial charge is 0.385 e. The molecule has 0 saturated heterocycles. The van der Waals surface area contributed by atoms with E-state index in [1.807, 2.05) is 6.92 Å². The van der Waals surface area contributed by atoms with Crippen LogP contribution in [0.4, 0.5) is 0 Å². The van der Waals surface area contributed by atoms with Gasteiger partial charge in [0.05, 0.1) is 5.82 Å². The Morgan fingerprint density at radius 2 is 1.82 bits per heavy atom. The smallest absolute Gasteiger partial charge is 0.0963 e. The van der Waals surface area contributed by atoms with Gasteiger partial charge in [0.2, 0.25) is 0 Å². The van der Waals surface area contributed by atoms with Gasteiger partial charge < -0.3 is 11.5 Å². The average Bonchev–Trinajstić information content (AvgIpc) is 2.39. The minimum atomic E-state index is 0.449. The third-order valence-corrected chi connectivity index (χ3v) is 2.12. The molecule has 4 N–H and O–H groups in total. The van der Waals surface area contributed by atoms with Crippen molar-refractivity contribution in [2.24, 2.45) is 11.5 Å². The Morgan fingerprint density at radius 3 is 2.27 bits per heavy atom. The topological polar surface area (TPSA) is 52.0 Å². The first-order chi connectivity index (χ1) is 5.20. The predicted octanol–water partition coefficient (Wildman–Crippen LogP) is 1.64. The first-order valence-electron chi connectivity index (χ1n) is 4.11. The predicted molar refractivity (Wildman–Crippen MR) is 47.6 cm³/mol. The van der Waals surface area contributed by atoms with Crippen molar-refractivity contribution in [2.75, 3.05) is 0 Å². The van der Waals surface area contributed by atoms with Crippen LogP contribution in [0.2, 0.25) is 0 Å². The van der Waals surface area contributed by atoms with Crippen LogP contribution in [0, 0.1) is 0 Å². The average molecular weight is 152 g/mol. The number of hydrogen-bond donors (Lipinski definition) is 2. The molecule has 0 aromatic heterocycles. The van der Waals surface area contributed by atoms with Crippen LogP contribution >= 0.6 is 0 Å². The van der Waals surface area contributed by atoms with Crippen LogP contribution in [0.15, 0.2) is 23.0 Å². The number of rotatable bonds is 1. The van der Waals surface area contributed by atoms with Gasteiger partial charge in [-0.2, -0.15) is 0 Å². The second kappa shape index (κ2) is 3.46. The summed E-state index contributed by atoms with van der Waals surface area (Å²) in [6.45, 7) is 1.96. The molecular weight excluding hydrogens is 136 g/mol. The van der Waals surface area contributed by atoms with Crippen molar-refractivity contribution in [3.05, 3.63) is 23.0 Å². The van der Waals surface area contributed by atoms with Gasteiger partial charge in [0.1, 0.15) is 0 Å². The summed E-state index contributed by atoms with van der Waals surface area (Å²) in [6, 6.07) is 0. The van der Waals surface area contributed by atoms with E-state index in [-0.39, 0.29) is 0 Å². The molecular formula is C9H16N2. The molecule has 0 aromatic rings. The zero-order valence-corrected chi connectivity index (χ0v) is 7.06. The summed E-state index contributed by atoms with van der Waals surface area (Å²) in [7, 11) is 0. The molecule has 0 radical (unpaired) electrons. The maximum atomic E-state index is 5.43. The Bertz CT molecular complexity index is 190. The van der Waals surface area contributed by atoms with Gasteiger partial charge in [0.25, 0.3) is 0 Å². The van der Waals surface area contributed by atoms with E-state index < -0.39 is 0 Å². The van der Waals surface area contributed by atoms with Crippen LogP contribution in [0.5, 0.6) is 0 Å². The van der Waals surface area contributed by atoms with E-state index in [1.165, 1.54) is 31.3 Å². The van der Waals surface area contributed by atoms with E-state index in [9.17, 15) is 0 Å². The highest BCUT2D eigenvalue weighted by Gasteiger charge is 2.05. The fourth-order valence-corrected chi connectivity index (χ4v) is 1.36. The molecule has 0 atom stereocenters. The van der Waals surface area contributed by atoms with Crippen LogP contribution in [0.1, 0.15) is 32.6 Å². The van der Waals surface area contributed by atoms with E-state index in [4.69, 9.17) is 11.5 Å². The van der Waals surface area contributed by atoms with Crippen LogP contribution in [-0.4, -0.2) is 0 Å². The minimum absolute atomic E-state index is 0.449. The van der Waals surface area contributed by atoms with E-state index in [1.54, 1.807) is 0 Å². The van der Waals surface area contributed by atoms with Gasteiger partial charge in [-0.25, -0.2) is 0 Å². The third kappa shape index (κ3) is 2.30.